The molecule has 7 nitrogen and oxygen atoms in total. The molecule has 0 aromatic heterocycles. The molecule has 150 valence electrons. The molecule has 1 rings (SSSR count). The quantitative estimate of drug-likeness (QED) is 0.215. The van der Waals surface area contributed by atoms with Crippen LogP contribution in [0.5, 0.6) is 0 Å². The molecule has 1 aromatic rings. The van der Waals surface area contributed by atoms with E-state index in [0.29, 0.717) is 30.6 Å². The third kappa shape index (κ3) is 9.72. The van der Waals surface area contributed by atoms with Gasteiger partial charge in [-0.05, 0) is 32.3 Å². The normalized spacial score (nSPS) is 10.4. The Balaban J connectivity index is 2.10. The first-order valence-corrected chi connectivity index (χ1v) is 9.49. The number of hydrogen-bond acceptors (Lipinski definition) is 6. The molecule has 0 amide bonds. The number of benzene rings is 1. The summed E-state index contributed by atoms with van der Waals surface area (Å²) in [4.78, 5) is 33.4. The molecule has 1 aromatic carbocycles. The number of carbonyl (C=O) groups excluding carboxylic acids is 2. The number of hydrogen-bond donors (Lipinski definition) is 0. The van der Waals surface area contributed by atoms with E-state index in [1.165, 1.54) is 6.07 Å². The van der Waals surface area contributed by atoms with Gasteiger partial charge in [0.15, 0.2) is 0 Å². The average molecular weight is 379 g/mol. The summed E-state index contributed by atoms with van der Waals surface area (Å²) >= 11 is 0. The van der Waals surface area contributed by atoms with Crippen LogP contribution in [0.3, 0.4) is 0 Å². The van der Waals surface area contributed by atoms with Crippen LogP contribution in [-0.4, -0.2) is 23.5 Å². The summed E-state index contributed by atoms with van der Waals surface area (Å²) in [6.07, 6.45) is 6.37. The number of rotatable bonds is 13. The maximum absolute atomic E-state index is 11.8. The van der Waals surface area contributed by atoms with E-state index < -0.39 is 4.92 Å². The molecule has 0 aliphatic heterocycles. The van der Waals surface area contributed by atoms with Gasteiger partial charge < -0.3 is 9.47 Å². The van der Waals surface area contributed by atoms with Crippen molar-refractivity contribution in [1.29, 1.82) is 0 Å². The fraction of sp³-hybridized carbons (Fsp3) is 0.600. The van der Waals surface area contributed by atoms with E-state index in [0.717, 1.165) is 38.5 Å². The first kappa shape index (κ1) is 22.6. The van der Waals surface area contributed by atoms with Gasteiger partial charge in [-0.3, -0.25) is 19.7 Å². The molecule has 0 unspecified atom stereocenters. The summed E-state index contributed by atoms with van der Waals surface area (Å²) in [5, 5.41) is 10.9. The fourth-order valence-electron chi connectivity index (χ4n) is 2.66. The number of nitro benzene ring substituents is 1. The van der Waals surface area contributed by atoms with Crippen molar-refractivity contribution in [1.82, 2.24) is 0 Å². The number of unbranched alkanes of at least 4 members (excludes halogenated alkanes) is 5. The summed E-state index contributed by atoms with van der Waals surface area (Å²) in [5.74, 6) is -0.431. The minimum atomic E-state index is -0.437. The Hall–Kier alpha value is -2.44. The van der Waals surface area contributed by atoms with Crippen molar-refractivity contribution in [2.24, 2.45) is 0 Å². The minimum Gasteiger partial charge on any atom is -0.466 e. The van der Waals surface area contributed by atoms with Gasteiger partial charge in [0.1, 0.15) is 6.61 Å². The Bertz CT molecular complexity index is 629. The molecule has 0 fully saturated rings. The highest BCUT2D eigenvalue weighted by Crippen LogP contribution is 2.20. The van der Waals surface area contributed by atoms with E-state index in [1.807, 2.05) is 0 Å². The van der Waals surface area contributed by atoms with E-state index >= 15 is 0 Å². The SMILES string of the molecule is CCOC(=O)CCCCCCCCC(=O)OCc1ccc(C)c([N+](=O)[O-])c1. The number of aryl methyl sites for hydroxylation is 1. The summed E-state index contributed by atoms with van der Waals surface area (Å²) in [6.45, 7) is 3.95. The van der Waals surface area contributed by atoms with Crippen molar-refractivity contribution >= 4 is 17.6 Å². The topological polar surface area (TPSA) is 95.7 Å². The maximum Gasteiger partial charge on any atom is 0.306 e. The van der Waals surface area contributed by atoms with Gasteiger partial charge in [-0.15, -0.1) is 0 Å². The zero-order valence-corrected chi connectivity index (χ0v) is 16.2. The third-order valence-corrected chi connectivity index (χ3v) is 4.19. The molecule has 7 heteroatoms. The molecule has 0 radical (unpaired) electrons. The van der Waals surface area contributed by atoms with Crippen LogP contribution >= 0.6 is 0 Å². The molecule has 0 N–H and O–H groups in total. The van der Waals surface area contributed by atoms with Crippen molar-refractivity contribution in [3.8, 4) is 0 Å². The van der Waals surface area contributed by atoms with Gasteiger partial charge >= 0.3 is 11.9 Å². The lowest BCUT2D eigenvalue weighted by Crippen LogP contribution is -2.05. The van der Waals surface area contributed by atoms with Crippen molar-refractivity contribution in [3.63, 3.8) is 0 Å². The highest BCUT2D eigenvalue weighted by Gasteiger charge is 2.12. The van der Waals surface area contributed by atoms with Crippen LogP contribution in [0.2, 0.25) is 0 Å². The van der Waals surface area contributed by atoms with Gasteiger partial charge in [-0.25, -0.2) is 0 Å². The Morgan fingerprint density at radius 3 is 2.07 bits per heavy atom. The minimum absolute atomic E-state index is 0.0338. The standard InChI is InChI=1S/C20H29NO6/c1-3-26-19(22)10-8-6-4-5-7-9-11-20(23)27-15-17-13-12-16(2)18(14-17)21(24)25/h12-14H,3-11,15H2,1-2H3. The van der Waals surface area contributed by atoms with Crippen LogP contribution in [0.15, 0.2) is 18.2 Å². The predicted molar refractivity (Wildman–Crippen MR) is 101 cm³/mol. The van der Waals surface area contributed by atoms with E-state index in [4.69, 9.17) is 9.47 Å². The van der Waals surface area contributed by atoms with Crippen LogP contribution in [0.25, 0.3) is 0 Å². The van der Waals surface area contributed by atoms with Crippen LogP contribution in [0.4, 0.5) is 5.69 Å². The van der Waals surface area contributed by atoms with Crippen LogP contribution in [0, 0.1) is 17.0 Å². The second kappa shape index (κ2) is 12.8. The maximum atomic E-state index is 11.8. The van der Waals surface area contributed by atoms with E-state index in [2.05, 4.69) is 0 Å². The van der Waals surface area contributed by atoms with Crippen molar-refractivity contribution in [3.05, 3.63) is 39.4 Å². The Labute approximate surface area is 160 Å². The molecular weight excluding hydrogens is 350 g/mol. The number of nitro groups is 1. The number of esters is 2. The third-order valence-electron chi connectivity index (χ3n) is 4.19. The molecule has 0 atom stereocenters. The molecule has 27 heavy (non-hydrogen) atoms. The van der Waals surface area contributed by atoms with Crippen LogP contribution < -0.4 is 0 Å². The van der Waals surface area contributed by atoms with Crippen LogP contribution in [0.1, 0.15) is 69.4 Å². The van der Waals surface area contributed by atoms with Crippen molar-refractivity contribution in [2.75, 3.05) is 6.61 Å². The largest absolute Gasteiger partial charge is 0.466 e. The van der Waals surface area contributed by atoms with Gasteiger partial charge in [-0.1, -0.05) is 37.8 Å². The van der Waals surface area contributed by atoms with E-state index in [9.17, 15) is 19.7 Å². The molecule has 0 heterocycles. The smallest absolute Gasteiger partial charge is 0.306 e. The fourth-order valence-corrected chi connectivity index (χ4v) is 2.66. The monoisotopic (exact) mass is 379 g/mol. The predicted octanol–water partition coefficient (Wildman–Crippen LogP) is 4.63. The first-order chi connectivity index (χ1) is 12.9. The average Bonchev–Trinajstić information content (AvgIpc) is 2.63. The van der Waals surface area contributed by atoms with E-state index in [-0.39, 0.29) is 24.2 Å². The number of nitrogens with zero attached hydrogens (tertiary/aromatic N) is 1. The lowest BCUT2D eigenvalue weighted by atomic mass is 10.1. The molecule has 0 bridgehead atoms. The Morgan fingerprint density at radius 1 is 0.963 bits per heavy atom. The number of carbonyl (C=O) groups is 2. The second-order valence-electron chi connectivity index (χ2n) is 6.46. The lowest BCUT2D eigenvalue weighted by Gasteiger charge is -2.06. The van der Waals surface area contributed by atoms with Gasteiger partial charge in [0, 0.05) is 24.5 Å². The summed E-state index contributed by atoms with van der Waals surface area (Å²) in [7, 11) is 0. The summed E-state index contributed by atoms with van der Waals surface area (Å²) < 4.78 is 10.1. The highest BCUT2D eigenvalue weighted by molar-refractivity contribution is 5.69. The molecule has 0 saturated carbocycles. The van der Waals surface area contributed by atoms with Gasteiger partial charge in [0.05, 0.1) is 11.5 Å². The summed E-state index contributed by atoms with van der Waals surface area (Å²) in [5.41, 5.74) is 1.23. The van der Waals surface area contributed by atoms with Gasteiger partial charge in [-0.2, -0.15) is 0 Å². The van der Waals surface area contributed by atoms with Crippen molar-refractivity contribution < 1.29 is 24.0 Å². The van der Waals surface area contributed by atoms with E-state index in [1.54, 1.807) is 26.0 Å². The molecule has 0 spiro atoms. The molecule has 0 aliphatic rings. The Morgan fingerprint density at radius 2 is 1.52 bits per heavy atom. The second-order valence-corrected chi connectivity index (χ2v) is 6.46. The van der Waals surface area contributed by atoms with Gasteiger partial charge in [0.2, 0.25) is 0 Å². The first-order valence-electron chi connectivity index (χ1n) is 9.49. The molecular formula is C20H29NO6. The summed E-state index contributed by atoms with van der Waals surface area (Å²) in [6, 6.07) is 4.83. The molecule has 0 aliphatic carbocycles. The zero-order valence-electron chi connectivity index (χ0n) is 16.2. The zero-order chi connectivity index (χ0) is 20.1. The Kier molecular flexibility index (Phi) is 10.7. The highest BCUT2D eigenvalue weighted by atomic mass is 16.6. The van der Waals surface area contributed by atoms with Gasteiger partial charge in [0.25, 0.3) is 5.69 Å². The van der Waals surface area contributed by atoms with Crippen molar-refractivity contribution in [2.45, 2.75) is 71.8 Å². The lowest BCUT2D eigenvalue weighted by molar-refractivity contribution is -0.385. The van der Waals surface area contributed by atoms with Crippen LogP contribution in [-0.2, 0) is 25.7 Å². The molecule has 0 saturated heterocycles. The number of ether oxygens (including phenoxy) is 2.